The molecule has 0 fully saturated rings. The van der Waals surface area contributed by atoms with Crippen molar-refractivity contribution >= 4 is 11.9 Å². The molecule has 0 saturated heterocycles. The zero-order chi connectivity index (χ0) is 17.9. The third-order valence-electron chi connectivity index (χ3n) is 3.52. The van der Waals surface area contributed by atoms with E-state index in [2.05, 4.69) is 4.98 Å². The van der Waals surface area contributed by atoms with E-state index in [1.54, 1.807) is 43.8 Å². The molecule has 0 radical (unpaired) electrons. The average Bonchev–Trinajstić information content (AvgIpc) is 2.95. The normalized spacial score (nSPS) is 11.2. The second kappa shape index (κ2) is 6.86. The van der Waals surface area contributed by atoms with Gasteiger partial charge in [-0.25, -0.2) is 4.79 Å². The third-order valence-corrected chi connectivity index (χ3v) is 3.52. The fraction of sp³-hybridized carbons (Fsp3) is 0.389. The highest BCUT2D eigenvalue weighted by Gasteiger charge is 2.24. The number of esters is 2. The molecule has 0 bridgehead atoms. The first-order valence-electron chi connectivity index (χ1n) is 7.61. The van der Waals surface area contributed by atoms with Crippen LogP contribution in [0.1, 0.15) is 36.7 Å². The molecule has 0 N–H and O–H groups in total. The Morgan fingerprint density at radius 1 is 1.29 bits per heavy atom. The lowest BCUT2D eigenvalue weighted by molar-refractivity contribution is -0.156. The average molecular weight is 330 g/mol. The van der Waals surface area contributed by atoms with Crippen molar-refractivity contribution in [3.8, 4) is 11.4 Å². The molecule has 2 aromatic heterocycles. The molecule has 2 rings (SSSR count). The molecule has 0 aliphatic heterocycles. The van der Waals surface area contributed by atoms with E-state index in [1.807, 2.05) is 19.1 Å². The molecular weight excluding hydrogens is 308 g/mol. The Balaban J connectivity index is 2.38. The van der Waals surface area contributed by atoms with Gasteiger partial charge in [0.15, 0.2) is 6.73 Å². The van der Waals surface area contributed by atoms with Gasteiger partial charge in [-0.3, -0.25) is 9.78 Å². The summed E-state index contributed by atoms with van der Waals surface area (Å²) in [5, 5.41) is 0. The van der Waals surface area contributed by atoms with E-state index in [4.69, 9.17) is 9.47 Å². The smallest absolute Gasteiger partial charge is 0.339 e. The number of hydrogen-bond acceptors (Lipinski definition) is 5. The lowest BCUT2D eigenvalue weighted by atomic mass is 9.98. The number of aromatic nitrogens is 2. The number of rotatable bonds is 4. The van der Waals surface area contributed by atoms with Gasteiger partial charge in [0.05, 0.1) is 29.5 Å². The van der Waals surface area contributed by atoms with Crippen LogP contribution in [0.5, 0.6) is 0 Å². The van der Waals surface area contributed by atoms with Gasteiger partial charge in [-0.2, -0.15) is 0 Å². The highest BCUT2D eigenvalue weighted by Crippen LogP contribution is 2.25. The minimum absolute atomic E-state index is 0.00154. The number of hydrogen-bond donors (Lipinski definition) is 0. The summed E-state index contributed by atoms with van der Waals surface area (Å²) in [6.45, 7) is 7.29. The maximum Gasteiger partial charge on any atom is 0.339 e. The summed E-state index contributed by atoms with van der Waals surface area (Å²) in [6.07, 6.45) is 3.28. The number of methoxy groups -OCH3 is 1. The molecule has 6 nitrogen and oxygen atoms in total. The van der Waals surface area contributed by atoms with Gasteiger partial charge in [0.25, 0.3) is 0 Å². The van der Waals surface area contributed by atoms with Crippen LogP contribution >= 0.6 is 0 Å². The molecule has 0 amide bonds. The highest BCUT2D eigenvalue weighted by molar-refractivity contribution is 5.91. The van der Waals surface area contributed by atoms with Crippen LogP contribution < -0.4 is 0 Å². The van der Waals surface area contributed by atoms with Crippen molar-refractivity contribution in [2.24, 2.45) is 5.41 Å². The van der Waals surface area contributed by atoms with Crippen molar-refractivity contribution in [3.63, 3.8) is 0 Å². The molecule has 128 valence electrons. The quantitative estimate of drug-likeness (QED) is 0.805. The maximum atomic E-state index is 12.0. The zero-order valence-corrected chi connectivity index (χ0v) is 14.6. The predicted octanol–water partition coefficient (Wildman–Crippen LogP) is 3.19. The van der Waals surface area contributed by atoms with Crippen LogP contribution in [-0.4, -0.2) is 28.6 Å². The maximum absolute atomic E-state index is 12.0. The Labute approximate surface area is 141 Å². The number of carbonyl (C=O) groups is 2. The van der Waals surface area contributed by atoms with Crippen LogP contribution in [0.25, 0.3) is 11.4 Å². The fourth-order valence-corrected chi connectivity index (χ4v) is 2.14. The largest absolute Gasteiger partial charge is 0.465 e. The van der Waals surface area contributed by atoms with Gasteiger partial charge in [0, 0.05) is 12.4 Å². The van der Waals surface area contributed by atoms with Crippen molar-refractivity contribution in [2.75, 3.05) is 7.11 Å². The van der Waals surface area contributed by atoms with E-state index in [1.165, 1.54) is 7.11 Å². The lowest BCUT2D eigenvalue weighted by Gasteiger charge is -2.18. The second-order valence-electron chi connectivity index (χ2n) is 6.56. The molecule has 0 spiro atoms. The summed E-state index contributed by atoms with van der Waals surface area (Å²) in [7, 11) is 1.32. The predicted molar refractivity (Wildman–Crippen MR) is 89.3 cm³/mol. The van der Waals surface area contributed by atoms with Crippen molar-refractivity contribution in [1.29, 1.82) is 0 Å². The Hall–Kier alpha value is -2.63. The van der Waals surface area contributed by atoms with Crippen LogP contribution in [0.2, 0.25) is 0 Å². The first-order chi connectivity index (χ1) is 11.2. The minimum atomic E-state index is -0.598. The Morgan fingerprint density at radius 3 is 2.58 bits per heavy atom. The van der Waals surface area contributed by atoms with Gasteiger partial charge in [0.2, 0.25) is 0 Å². The Bertz CT molecular complexity index is 757. The molecule has 0 aromatic carbocycles. The van der Waals surface area contributed by atoms with Crippen molar-refractivity contribution < 1.29 is 19.1 Å². The molecular formula is C18H22N2O4. The van der Waals surface area contributed by atoms with Crippen LogP contribution in [0.3, 0.4) is 0 Å². The van der Waals surface area contributed by atoms with Crippen LogP contribution in [0.15, 0.2) is 30.6 Å². The van der Waals surface area contributed by atoms with Gasteiger partial charge in [0.1, 0.15) is 0 Å². The van der Waals surface area contributed by atoms with E-state index in [9.17, 15) is 9.59 Å². The summed E-state index contributed by atoms with van der Waals surface area (Å²) in [5.74, 6) is -0.773. The first-order valence-corrected chi connectivity index (χ1v) is 7.61. The SMILES string of the molecule is COC(=O)c1cc(-c2ncccc2C)n(COC(=O)C(C)(C)C)c1. The van der Waals surface area contributed by atoms with Crippen molar-refractivity contribution in [1.82, 2.24) is 9.55 Å². The van der Waals surface area contributed by atoms with Gasteiger partial charge in [-0.05, 0) is 45.4 Å². The number of carbonyl (C=O) groups excluding carboxylic acids is 2. The van der Waals surface area contributed by atoms with Crippen LogP contribution in [0.4, 0.5) is 0 Å². The lowest BCUT2D eigenvalue weighted by Crippen LogP contribution is -2.24. The molecule has 0 atom stereocenters. The molecule has 6 heteroatoms. The molecule has 0 aliphatic carbocycles. The summed E-state index contributed by atoms with van der Waals surface area (Å²) in [6, 6.07) is 5.46. The van der Waals surface area contributed by atoms with Crippen molar-refractivity contribution in [2.45, 2.75) is 34.4 Å². The fourth-order valence-electron chi connectivity index (χ4n) is 2.14. The monoisotopic (exact) mass is 330 g/mol. The standard InChI is InChI=1S/C18H22N2O4/c1-12-7-6-8-19-15(12)14-9-13(16(21)23-5)10-20(14)11-24-17(22)18(2,3)4/h6-10H,11H2,1-5H3. The van der Waals surface area contributed by atoms with E-state index in [-0.39, 0.29) is 12.7 Å². The van der Waals surface area contributed by atoms with E-state index >= 15 is 0 Å². The molecule has 0 unspecified atom stereocenters. The number of ether oxygens (including phenoxy) is 2. The number of aryl methyl sites for hydroxylation is 1. The zero-order valence-electron chi connectivity index (χ0n) is 14.6. The topological polar surface area (TPSA) is 70.4 Å². The van der Waals surface area contributed by atoms with E-state index in [0.29, 0.717) is 11.3 Å². The molecule has 2 heterocycles. The Kier molecular flexibility index (Phi) is 5.07. The highest BCUT2D eigenvalue weighted by atomic mass is 16.5. The van der Waals surface area contributed by atoms with Gasteiger partial charge < -0.3 is 14.0 Å². The van der Waals surface area contributed by atoms with E-state index in [0.717, 1.165) is 11.3 Å². The Morgan fingerprint density at radius 2 is 2.00 bits per heavy atom. The second-order valence-corrected chi connectivity index (χ2v) is 6.56. The summed E-state index contributed by atoms with van der Waals surface area (Å²) in [5.41, 5.74) is 2.15. The van der Waals surface area contributed by atoms with Gasteiger partial charge in [-0.1, -0.05) is 6.07 Å². The minimum Gasteiger partial charge on any atom is -0.465 e. The summed E-state index contributed by atoms with van der Waals surface area (Å²) in [4.78, 5) is 28.2. The molecule has 0 saturated carbocycles. The summed E-state index contributed by atoms with van der Waals surface area (Å²) < 4.78 is 11.8. The molecule has 2 aromatic rings. The summed E-state index contributed by atoms with van der Waals surface area (Å²) >= 11 is 0. The number of nitrogens with zero attached hydrogens (tertiary/aromatic N) is 2. The van der Waals surface area contributed by atoms with Gasteiger partial charge in [-0.15, -0.1) is 0 Å². The number of pyridine rings is 1. The third kappa shape index (κ3) is 3.82. The van der Waals surface area contributed by atoms with Crippen LogP contribution in [0, 0.1) is 12.3 Å². The van der Waals surface area contributed by atoms with E-state index < -0.39 is 11.4 Å². The van der Waals surface area contributed by atoms with Crippen LogP contribution in [-0.2, 0) is 21.0 Å². The first kappa shape index (κ1) is 17.7. The van der Waals surface area contributed by atoms with Gasteiger partial charge >= 0.3 is 11.9 Å². The molecule has 24 heavy (non-hydrogen) atoms. The van der Waals surface area contributed by atoms with Crippen molar-refractivity contribution in [3.05, 3.63) is 41.7 Å². The molecule has 0 aliphatic rings.